The Morgan fingerprint density at radius 3 is 2.49 bits per heavy atom. The van der Waals surface area contributed by atoms with Crippen molar-refractivity contribution in [1.82, 2.24) is 38.8 Å². The summed E-state index contributed by atoms with van der Waals surface area (Å²) in [7, 11) is 4.09. The molecule has 12 heteroatoms. The molecule has 220 valence electrons. The molecule has 4 bridgehead atoms. The number of pyridine rings is 2. The first-order valence-electron chi connectivity index (χ1n) is 15.0. The van der Waals surface area contributed by atoms with E-state index >= 15 is 0 Å². The zero-order valence-electron chi connectivity index (χ0n) is 24.4. The van der Waals surface area contributed by atoms with Gasteiger partial charge in [-0.15, -0.1) is 0 Å². The van der Waals surface area contributed by atoms with Gasteiger partial charge in [-0.1, -0.05) is 0 Å². The van der Waals surface area contributed by atoms with Crippen molar-refractivity contribution in [2.45, 2.75) is 37.0 Å². The number of hydrogen-bond donors (Lipinski definition) is 0. The van der Waals surface area contributed by atoms with E-state index in [9.17, 15) is 10.1 Å². The second-order valence-electron chi connectivity index (χ2n) is 12.4. The van der Waals surface area contributed by atoms with Crippen LogP contribution in [0.2, 0.25) is 0 Å². The number of fused-ring (bicyclic) bond motifs is 5. The van der Waals surface area contributed by atoms with E-state index in [1.807, 2.05) is 42.5 Å². The van der Waals surface area contributed by atoms with Crippen LogP contribution in [0.1, 0.15) is 28.9 Å². The van der Waals surface area contributed by atoms with Crippen LogP contribution in [0, 0.1) is 11.3 Å². The molecular formula is C31H34N10O2. The minimum atomic E-state index is 0.00479. The number of amides is 1. The number of aryl methyl sites for hydroxylation is 1. The molecule has 0 N–H and O–H groups in total. The van der Waals surface area contributed by atoms with Gasteiger partial charge in [0, 0.05) is 75.4 Å². The summed E-state index contributed by atoms with van der Waals surface area (Å²) in [6, 6.07) is 10.0. The number of ether oxygens (including phenoxy) is 1. The smallest absolute Gasteiger partial charge is 0.274 e. The maximum Gasteiger partial charge on any atom is 0.274 e. The van der Waals surface area contributed by atoms with Crippen molar-refractivity contribution in [3.8, 4) is 22.9 Å². The summed E-state index contributed by atoms with van der Waals surface area (Å²) in [5.74, 6) is 1.60. The van der Waals surface area contributed by atoms with Crippen LogP contribution in [-0.2, 0) is 7.05 Å². The Hall–Kier alpha value is -4.47. The maximum absolute atomic E-state index is 13.0. The number of carbonyl (C=O) groups is 1. The first-order valence-corrected chi connectivity index (χ1v) is 15.0. The Kier molecular flexibility index (Phi) is 6.13. The van der Waals surface area contributed by atoms with E-state index in [0.717, 1.165) is 61.6 Å². The Bertz CT molecular complexity index is 1720. The van der Waals surface area contributed by atoms with E-state index in [-0.39, 0.29) is 18.0 Å². The van der Waals surface area contributed by atoms with Crippen molar-refractivity contribution in [3.63, 3.8) is 0 Å². The van der Waals surface area contributed by atoms with Crippen molar-refractivity contribution in [1.29, 1.82) is 5.26 Å². The third-order valence-electron chi connectivity index (χ3n) is 9.75. The summed E-state index contributed by atoms with van der Waals surface area (Å²) in [4.78, 5) is 31.3. The molecule has 6 saturated heterocycles. The van der Waals surface area contributed by atoms with E-state index in [4.69, 9.17) is 9.72 Å². The minimum Gasteiger partial charge on any atom is -0.491 e. The fraction of sp³-hybridized carbons (Fsp3) is 0.452. The largest absolute Gasteiger partial charge is 0.491 e. The molecule has 12 nitrogen and oxygen atoms in total. The summed E-state index contributed by atoms with van der Waals surface area (Å²) in [6.07, 6.45) is 11.1. The predicted octanol–water partition coefficient (Wildman–Crippen LogP) is 1.87. The van der Waals surface area contributed by atoms with Crippen LogP contribution in [-0.4, -0.2) is 115 Å². The molecule has 1 amide bonds. The number of nitriles is 1. The highest BCUT2D eigenvalue weighted by atomic mass is 16.5. The van der Waals surface area contributed by atoms with Gasteiger partial charge in [0.1, 0.15) is 29.9 Å². The van der Waals surface area contributed by atoms with Crippen LogP contribution >= 0.6 is 0 Å². The SMILES string of the molecule is CN1C2CC1CN(CCOc1cc(-c3ccc(N4CC5CC(C4)N5C(=O)c4cn(C)cn4)nc3)c3c(C#N)cnn3c1)C2. The van der Waals surface area contributed by atoms with Crippen molar-refractivity contribution < 1.29 is 9.53 Å². The molecular weight excluding hydrogens is 544 g/mol. The van der Waals surface area contributed by atoms with Crippen LogP contribution in [0.15, 0.2) is 49.3 Å². The van der Waals surface area contributed by atoms with Gasteiger partial charge in [-0.3, -0.25) is 14.6 Å². The normalized spacial score (nSPS) is 24.9. The fourth-order valence-electron chi connectivity index (χ4n) is 7.35. The average Bonchev–Trinajstić information content (AvgIpc) is 3.66. The van der Waals surface area contributed by atoms with Gasteiger partial charge in [0.05, 0.1) is 41.9 Å². The molecule has 10 heterocycles. The van der Waals surface area contributed by atoms with Crippen LogP contribution < -0.4 is 9.64 Å². The fourth-order valence-corrected chi connectivity index (χ4v) is 7.35. The average molecular weight is 579 g/mol. The van der Waals surface area contributed by atoms with Crippen molar-refractivity contribution >= 4 is 17.2 Å². The van der Waals surface area contributed by atoms with Gasteiger partial charge in [-0.05, 0) is 38.1 Å². The second kappa shape index (κ2) is 10.1. The monoisotopic (exact) mass is 578 g/mol. The number of rotatable bonds is 7. The lowest BCUT2D eigenvalue weighted by Gasteiger charge is -2.56. The second-order valence-corrected chi connectivity index (χ2v) is 12.4. The molecule has 43 heavy (non-hydrogen) atoms. The quantitative estimate of drug-likeness (QED) is 0.325. The van der Waals surface area contributed by atoms with Gasteiger partial charge in [0.15, 0.2) is 0 Å². The molecule has 4 aromatic heterocycles. The van der Waals surface area contributed by atoms with E-state index in [2.05, 4.69) is 37.9 Å². The third-order valence-corrected chi connectivity index (χ3v) is 9.75. The Labute approximate surface area is 249 Å². The van der Waals surface area contributed by atoms with Crippen LogP contribution in [0.3, 0.4) is 0 Å². The number of carbonyl (C=O) groups excluding carboxylic acids is 1. The predicted molar refractivity (Wildman–Crippen MR) is 159 cm³/mol. The van der Waals surface area contributed by atoms with E-state index in [0.29, 0.717) is 35.7 Å². The number of imidazole rings is 1. The topological polar surface area (TPSA) is 111 Å². The Morgan fingerprint density at radius 1 is 1.02 bits per heavy atom. The van der Waals surface area contributed by atoms with Crippen molar-refractivity contribution in [3.05, 3.63) is 60.6 Å². The Balaban J connectivity index is 0.975. The number of hydrogen-bond acceptors (Lipinski definition) is 9. The highest BCUT2D eigenvalue weighted by Gasteiger charge is 2.48. The summed E-state index contributed by atoms with van der Waals surface area (Å²) in [6.45, 7) is 5.15. The number of nitrogens with zero attached hydrogens (tertiary/aromatic N) is 10. The van der Waals surface area contributed by atoms with Gasteiger partial charge in [-0.25, -0.2) is 14.5 Å². The lowest BCUT2D eigenvalue weighted by molar-refractivity contribution is -0.0529. The molecule has 0 spiro atoms. The molecule has 4 aromatic rings. The van der Waals surface area contributed by atoms with E-state index < -0.39 is 0 Å². The van der Waals surface area contributed by atoms with E-state index in [1.165, 1.54) is 6.42 Å². The summed E-state index contributed by atoms with van der Waals surface area (Å²) in [5.41, 5.74) is 3.50. The molecule has 10 rings (SSSR count). The Morgan fingerprint density at radius 2 is 1.81 bits per heavy atom. The number of aromatic nitrogens is 5. The highest BCUT2D eigenvalue weighted by molar-refractivity contribution is 5.93. The van der Waals surface area contributed by atoms with Crippen LogP contribution in [0.5, 0.6) is 5.75 Å². The lowest BCUT2D eigenvalue weighted by Crippen LogP contribution is -2.70. The highest BCUT2D eigenvalue weighted by Crippen LogP contribution is 2.36. The number of likely N-dealkylation sites (N-methyl/N-ethyl adjacent to an activating group) is 1. The van der Waals surface area contributed by atoms with Gasteiger partial charge in [0.2, 0.25) is 0 Å². The van der Waals surface area contributed by atoms with Gasteiger partial charge >= 0.3 is 0 Å². The number of piperazine rings is 2. The summed E-state index contributed by atoms with van der Waals surface area (Å²) in [5, 5.41) is 14.2. The molecule has 6 fully saturated rings. The maximum atomic E-state index is 13.0. The molecule has 4 atom stereocenters. The molecule has 0 aliphatic carbocycles. The number of piperidine rings is 2. The third kappa shape index (κ3) is 4.42. The van der Waals surface area contributed by atoms with Crippen LogP contribution in [0.4, 0.5) is 5.82 Å². The zero-order valence-corrected chi connectivity index (χ0v) is 24.4. The lowest BCUT2D eigenvalue weighted by atomic mass is 9.87. The molecule has 4 unspecified atom stereocenters. The molecule has 6 aliphatic heterocycles. The van der Waals surface area contributed by atoms with Gasteiger partial charge in [-0.2, -0.15) is 10.4 Å². The first kappa shape index (κ1) is 26.2. The van der Waals surface area contributed by atoms with E-state index in [1.54, 1.807) is 27.8 Å². The molecule has 6 aliphatic rings. The molecule has 0 saturated carbocycles. The van der Waals surface area contributed by atoms with Crippen LogP contribution in [0.25, 0.3) is 16.6 Å². The zero-order chi connectivity index (χ0) is 29.2. The standard InChI is InChI=1S/C31H34N10O2/c1-36-18-28(34-19-36)31(42)41-24-8-25(41)16-39(15-24)29-4-3-20(11-33-29)27-9-26(17-40-30(27)21(10-32)12-35-40)43-6-5-38-13-22-7-23(14-38)37(22)2/h3-4,9,11-12,17-19,22-25H,5-8,13-16H2,1-2H3. The summed E-state index contributed by atoms with van der Waals surface area (Å²) < 4.78 is 9.76. The van der Waals surface area contributed by atoms with Crippen molar-refractivity contribution in [2.24, 2.45) is 7.05 Å². The molecule has 0 radical (unpaired) electrons. The first-order chi connectivity index (χ1) is 20.9. The summed E-state index contributed by atoms with van der Waals surface area (Å²) >= 11 is 0. The minimum absolute atomic E-state index is 0.00479. The van der Waals surface area contributed by atoms with Gasteiger partial charge in [0.25, 0.3) is 5.91 Å². The molecule has 0 aromatic carbocycles. The van der Waals surface area contributed by atoms with Crippen molar-refractivity contribution in [2.75, 3.05) is 51.3 Å². The van der Waals surface area contributed by atoms with Gasteiger partial charge < -0.3 is 19.1 Å². The number of anilines is 1.